The maximum absolute atomic E-state index is 12.5. The molecule has 0 aliphatic heterocycles. The molecule has 0 fully saturated rings. The molecule has 0 amide bonds. The molecule has 2 heterocycles. The van der Waals surface area contributed by atoms with Gasteiger partial charge in [-0.2, -0.15) is 0 Å². The number of hydrogen-bond acceptors (Lipinski definition) is 5. The molecule has 0 spiro atoms. The average Bonchev–Trinajstić information content (AvgIpc) is 3.08. The maximum atomic E-state index is 12.5. The van der Waals surface area contributed by atoms with Crippen LogP contribution in [0, 0.1) is 0 Å². The number of rotatable bonds is 3. The summed E-state index contributed by atoms with van der Waals surface area (Å²) in [7, 11) is -1.96. The summed E-state index contributed by atoms with van der Waals surface area (Å²) in [6.45, 7) is 0. The van der Waals surface area contributed by atoms with Crippen molar-refractivity contribution in [2.45, 2.75) is 4.90 Å². The Kier molecular flexibility index (Phi) is 3.00. The number of aromatic amines is 1. The van der Waals surface area contributed by atoms with E-state index in [-0.39, 0.29) is 10.5 Å². The van der Waals surface area contributed by atoms with E-state index in [0.29, 0.717) is 16.7 Å². The maximum Gasteiger partial charge on any atom is 0.417 e. The Morgan fingerprint density at radius 3 is 2.88 bits per heavy atom. The van der Waals surface area contributed by atoms with Crippen LogP contribution >= 0.6 is 0 Å². The lowest BCUT2D eigenvalue weighted by Crippen LogP contribution is -2.12. The van der Waals surface area contributed by atoms with E-state index in [2.05, 4.69) is 14.7 Å². The van der Waals surface area contributed by atoms with Crippen LogP contribution < -0.4 is 10.5 Å². The number of anilines is 1. The van der Waals surface area contributed by atoms with E-state index in [4.69, 9.17) is 4.42 Å². The SMILES string of the molecule is Cn1cnc2cc(NS(=O)(=O)c3ccc4[nH]c(=O)oc4c3)ccc21. The molecule has 0 atom stereocenters. The molecule has 0 aliphatic carbocycles. The van der Waals surface area contributed by atoms with Crippen LogP contribution in [0.15, 0.2) is 56.8 Å². The van der Waals surface area contributed by atoms with Crippen LogP contribution in [-0.4, -0.2) is 23.0 Å². The van der Waals surface area contributed by atoms with Gasteiger partial charge in [-0.15, -0.1) is 0 Å². The van der Waals surface area contributed by atoms with Crippen molar-refractivity contribution in [3.8, 4) is 0 Å². The van der Waals surface area contributed by atoms with E-state index in [1.54, 1.807) is 24.5 Å². The third-order valence-corrected chi connectivity index (χ3v) is 5.06. The minimum Gasteiger partial charge on any atom is -0.408 e. The summed E-state index contributed by atoms with van der Waals surface area (Å²) >= 11 is 0. The van der Waals surface area contributed by atoms with Crippen LogP contribution in [0.3, 0.4) is 0 Å². The molecule has 4 rings (SSSR count). The Morgan fingerprint density at radius 2 is 2.04 bits per heavy atom. The van der Waals surface area contributed by atoms with Crippen LogP contribution in [0.1, 0.15) is 0 Å². The lowest BCUT2D eigenvalue weighted by molar-refractivity contribution is 0.554. The van der Waals surface area contributed by atoms with Crippen LogP contribution in [0.25, 0.3) is 22.1 Å². The van der Waals surface area contributed by atoms with Crippen molar-refractivity contribution in [3.05, 3.63) is 53.3 Å². The largest absolute Gasteiger partial charge is 0.417 e. The monoisotopic (exact) mass is 344 g/mol. The molecular formula is C15H12N4O4S. The van der Waals surface area contributed by atoms with E-state index in [0.717, 1.165) is 5.52 Å². The molecule has 0 unspecified atom stereocenters. The zero-order valence-electron chi connectivity index (χ0n) is 12.5. The van der Waals surface area contributed by atoms with Gasteiger partial charge in [0.1, 0.15) is 0 Å². The van der Waals surface area contributed by atoms with Gasteiger partial charge in [-0.25, -0.2) is 18.2 Å². The molecule has 0 bridgehead atoms. The van der Waals surface area contributed by atoms with Gasteiger partial charge >= 0.3 is 5.76 Å². The lowest BCUT2D eigenvalue weighted by Gasteiger charge is -2.08. The molecule has 8 nitrogen and oxygen atoms in total. The summed E-state index contributed by atoms with van der Waals surface area (Å²) in [6.07, 6.45) is 1.66. The Morgan fingerprint density at radius 1 is 1.21 bits per heavy atom. The number of hydrogen-bond donors (Lipinski definition) is 2. The number of nitrogens with zero attached hydrogens (tertiary/aromatic N) is 2. The van der Waals surface area contributed by atoms with E-state index in [1.165, 1.54) is 18.2 Å². The highest BCUT2D eigenvalue weighted by Crippen LogP contribution is 2.22. The van der Waals surface area contributed by atoms with Gasteiger partial charge in [-0.3, -0.25) is 9.71 Å². The first kappa shape index (κ1) is 14.5. The van der Waals surface area contributed by atoms with Crippen molar-refractivity contribution in [2.75, 3.05) is 4.72 Å². The second-order valence-electron chi connectivity index (χ2n) is 5.34. The average molecular weight is 344 g/mol. The van der Waals surface area contributed by atoms with Crippen molar-refractivity contribution in [1.82, 2.24) is 14.5 Å². The molecule has 2 aromatic heterocycles. The molecule has 4 aromatic rings. The first-order valence-corrected chi connectivity index (χ1v) is 8.47. The quantitative estimate of drug-likeness (QED) is 0.589. The zero-order chi connectivity index (χ0) is 16.9. The first-order valence-electron chi connectivity index (χ1n) is 6.99. The molecule has 0 saturated heterocycles. The molecule has 0 saturated carbocycles. The van der Waals surface area contributed by atoms with Crippen molar-refractivity contribution < 1.29 is 12.8 Å². The van der Waals surface area contributed by atoms with Crippen molar-refractivity contribution in [1.29, 1.82) is 0 Å². The summed E-state index contributed by atoms with van der Waals surface area (Å²) in [6, 6.07) is 9.29. The number of imidazole rings is 1. The predicted molar refractivity (Wildman–Crippen MR) is 88.4 cm³/mol. The fourth-order valence-corrected chi connectivity index (χ4v) is 3.57. The number of sulfonamides is 1. The molecule has 0 radical (unpaired) electrons. The van der Waals surface area contributed by atoms with Gasteiger partial charge in [0.25, 0.3) is 10.0 Å². The number of oxazole rings is 1. The highest BCUT2D eigenvalue weighted by Gasteiger charge is 2.16. The third-order valence-electron chi connectivity index (χ3n) is 3.68. The fraction of sp³-hybridized carbons (Fsp3) is 0.0667. The standard InChI is InChI=1S/C15H12N4O4S/c1-19-8-16-12-6-9(2-5-13(12)19)18-24(21,22)10-3-4-11-14(7-10)23-15(20)17-11/h2-8,18H,1H3,(H,17,20). The summed E-state index contributed by atoms with van der Waals surface area (Å²) in [5.74, 6) is -0.631. The number of H-pyrrole nitrogens is 1. The van der Waals surface area contributed by atoms with Crippen LogP contribution in [0.5, 0.6) is 0 Å². The minimum atomic E-state index is -3.82. The van der Waals surface area contributed by atoms with Crippen molar-refractivity contribution >= 4 is 37.8 Å². The van der Waals surface area contributed by atoms with Gasteiger partial charge in [0.15, 0.2) is 5.58 Å². The first-order chi connectivity index (χ1) is 11.4. The van der Waals surface area contributed by atoms with E-state index in [9.17, 15) is 13.2 Å². The second-order valence-corrected chi connectivity index (χ2v) is 7.02. The summed E-state index contributed by atoms with van der Waals surface area (Å²) in [5.41, 5.74) is 2.60. The highest BCUT2D eigenvalue weighted by atomic mass is 32.2. The van der Waals surface area contributed by atoms with Crippen LogP contribution in [0.4, 0.5) is 5.69 Å². The Labute approximate surface area is 135 Å². The predicted octanol–water partition coefficient (Wildman–Crippen LogP) is 1.81. The van der Waals surface area contributed by atoms with Gasteiger partial charge in [-0.1, -0.05) is 0 Å². The molecule has 2 N–H and O–H groups in total. The second kappa shape index (κ2) is 4.96. The highest BCUT2D eigenvalue weighted by molar-refractivity contribution is 7.92. The number of fused-ring (bicyclic) bond motifs is 2. The Bertz CT molecular complexity index is 1230. The third kappa shape index (κ3) is 2.35. The minimum absolute atomic E-state index is 0.00105. The van der Waals surface area contributed by atoms with Gasteiger partial charge < -0.3 is 8.98 Å². The van der Waals surface area contributed by atoms with Crippen LogP contribution in [0.2, 0.25) is 0 Å². The van der Waals surface area contributed by atoms with Crippen LogP contribution in [-0.2, 0) is 17.1 Å². The molecule has 2 aromatic carbocycles. The summed E-state index contributed by atoms with van der Waals surface area (Å²) in [4.78, 5) is 17.8. The summed E-state index contributed by atoms with van der Waals surface area (Å²) < 4.78 is 34.3. The fourth-order valence-electron chi connectivity index (χ4n) is 2.51. The van der Waals surface area contributed by atoms with Crippen molar-refractivity contribution in [2.24, 2.45) is 7.05 Å². The number of aromatic nitrogens is 3. The molecule has 24 heavy (non-hydrogen) atoms. The van der Waals surface area contributed by atoms with Gasteiger partial charge in [0.05, 0.1) is 33.5 Å². The van der Waals surface area contributed by atoms with Crippen molar-refractivity contribution in [3.63, 3.8) is 0 Å². The molecular weight excluding hydrogens is 332 g/mol. The van der Waals surface area contributed by atoms with Gasteiger partial charge in [0, 0.05) is 13.1 Å². The Hall–Kier alpha value is -3.07. The normalized spacial score (nSPS) is 12.0. The van der Waals surface area contributed by atoms with E-state index in [1.807, 2.05) is 11.6 Å². The number of nitrogens with one attached hydrogen (secondary N) is 2. The molecule has 0 aliphatic rings. The van der Waals surface area contributed by atoms with Gasteiger partial charge in [-0.05, 0) is 30.3 Å². The lowest BCUT2D eigenvalue weighted by atomic mass is 10.3. The molecule has 122 valence electrons. The zero-order valence-corrected chi connectivity index (χ0v) is 13.3. The Balaban J connectivity index is 1.73. The topological polar surface area (TPSA) is 110 Å². The number of benzene rings is 2. The van der Waals surface area contributed by atoms with Gasteiger partial charge in [0.2, 0.25) is 0 Å². The summed E-state index contributed by atoms with van der Waals surface area (Å²) in [5, 5.41) is 0. The smallest absolute Gasteiger partial charge is 0.408 e. The molecule has 9 heteroatoms. The van der Waals surface area contributed by atoms with E-state index < -0.39 is 15.8 Å². The van der Waals surface area contributed by atoms with E-state index >= 15 is 0 Å². The number of aryl methyl sites for hydroxylation is 1.